The fourth-order valence-electron chi connectivity index (χ4n) is 2.82. The minimum absolute atomic E-state index is 0.141. The Kier molecular flexibility index (Phi) is 3.58. The first-order valence-corrected chi connectivity index (χ1v) is 7.24. The van der Waals surface area contributed by atoms with Crippen LogP contribution in [-0.2, 0) is 11.3 Å². The molecule has 106 valence electrons. The molecule has 5 nitrogen and oxygen atoms in total. The van der Waals surface area contributed by atoms with E-state index in [-0.39, 0.29) is 12.5 Å². The number of nitrogen functional groups attached to an aromatic ring is 1. The molecule has 1 fully saturated rings. The standard InChI is InChI=1S/C15H20N4O/c16-15-17-12-7-3-4-8-13(12)19(15)11-14(20)18-9-5-1-2-6-10-18/h3-4,7-8H,1-2,5-6,9-11H2,(H2,16,17). The monoisotopic (exact) mass is 272 g/mol. The van der Waals surface area contributed by atoms with Crippen molar-refractivity contribution in [2.75, 3.05) is 18.8 Å². The first-order valence-electron chi connectivity index (χ1n) is 7.24. The summed E-state index contributed by atoms with van der Waals surface area (Å²) in [7, 11) is 0. The molecular weight excluding hydrogens is 252 g/mol. The SMILES string of the molecule is Nc1nc2ccccc2n1CC(=O)N1CCCCCC1. The fourth-order valence-corrected chi connectivity index (χ4v) is 2.82. The molecule has 2 aromatic rings. The normalized spacial score (nSPS) is 16.3. The van der Waals surface area contributed by atoms with Gasteiger partial charge in [0, 0.05) is 13.1 Å². The Morgan fingerprint density at radius 1 is 1.15 bits per heavy atom. The Bertz CT molecular complexity index is 611. The average molecular weight is 272 g/mol. The molecule has 2 N–H and O–H groups in total. The van der Waals surface area contributed by atoms with E-state index in [0.29, 0.717) is 5.95 Å². The molecule has 1 saturated heterocycles. The Labute approximate surface area is 118 Å². The third kappa shape index (κ3) is 2.48. The zero-order chi connectivity index (χ0) is 13.9. The largest absolute Gasteiger partial charge is 0.369 e. The smallest absolute Gasteiger partial charge is 0.242 e. The highest BCUT2D eigenvalue weighted by atomic mass is 16.2. The lowest BCUT2D eigenvalue weighted by molar-refractivity contribution is -0.131. The van der Waals surface area contributed by atoms with Gasteiger partial charge in [0.1, 0.15) is 6.54 Å². The summed E-state index contributed by atoms with van der Waals surface area (Å²) >= 11 is 0. The molecular formula is C15H20N4O. The van der Waals surface area contributed by atoms with Crippen LogP contribution in [0.4, 0.5) is 5.95 Å². The van der Waals surface area contributed by atoms with E-state index in [9.17, 15) is 4.79 Å². The van der Waals surface area contributed by atoms with Crippen LogP contribution >= 0.6 is 0 Å². The van der Waals surface area contributed by atoms with E-state index in [2.05, 4.69) is 4.98 Å². The number of fused-ring (bicyclic) bond motifs is 1. The second-order valence-corrected chi connectivity index (χ2v) is 5.34. The third-order valence-corrected chi connectivity index (χ3v) is 3.94. The number of carbonyl (C=O) groups is 1. The topological polar surface area (TPSA) is 64.1 Å². The van der Waals surface area contributed by atoms with Gasteiger partial charge in [-0.05, 0) is 25.0 Å². The number of likely N-dealkylation sites (tertiary alicyclic amines) is 1. The molecule has 0 aliphatic carbocycles. The van der Waals surface area contributed by atoms with E-state index in [1.807, 2.05) is 33.7 Å². The molecule has 0 spiro atoms. The Balaban J connectivity index is 1.81. The number of aromatic nitrogens is 2. The van der Waals surface area contributed by atoms with E-state index in [4.69, 9.17) is 5.73 Å². The first kappa shape index (κ1) is 13.0. The molecule has 1 aliphatic rings. The molecule has 2 heterocycles. The number of carbonyl (C=O) groups excluding carboxylic acids is 1. The van der Waals surface area contributed by atoms with Crippen LogP contribution in [0.5, 0.6) is 0 Å². The van der Waals surface area contributed by atoms with Crippen molar-refractivity contribution in [1.29, 1.82) is 0 Å². The number of para-hydroxylation sites is 2. The maximum atomic E-state index is 12.4. The van der Waals surface area contributed by atoms with Crippen molar-refractivity contribution in [3.05, 3.63) is 24.3 Å². The predicted octanol–water partition coefficient (Wildman–Crippen LogP) is 2.02. The van der Waals surface area contributed by atoms with Crippen molar-refractivity contribution in [3.63, 3.8) is 0 Å². The van der Waals surface area contributed by atoms with Crippen LogP contribution in [-0.4, -0.2) is 33.4 Å². The van der Waals surface area contributed by atoms with Gasteiger partial charge in [-0.3, -0.25) is 4.79 Å². The molecule has 1 aromatic carbocycles. The van der Waals surface area contributed by atoms with E-state index < -0.39 is 0 Å². The first-order chi connectivity index (χ1) is 9.75. The van der Waals surface area contributed by atoms with Crippen LogP contribution in [0.3, 0.4) is 0 Å². The van der Waals surface area contributed by atoms with Gasteiger partial charge < -0.3 is 15.2 Å². The summed E-state index contributed by atoms with van der Waals surface area (Å²) in [5.74, 6) is 0.552. The maximum Gasteiger partial charge on any atom is 0.242 e. The summed E-state index contributed by atoms with van der Waals surface area (Å²) in [5.41, 5.74) is 7.71. The van der Waals surface area contributed by atoms with Crippen LogP contribution in [0.15, 0.2) is 24.3 Å². The van der Waals surface area contributed by atoms with Gasteiger partial charge in [-0.1, -0.05) is 25.0 Å². The molecule has 5 heteroatoms. The van der Waals surface area contributed by atoms with Crippen molar-refractivity contribution in [1.82, 2.24) is 14.5 Å². The molecule has 0 saturated carbocycles. The van der Waals surface area contributed by atoms with E-state index in [1.54, 1.807) is 0 Å². The molecule has 1 amide bonds. The number of hydrogen-bond acceptors (Lipinski definition) is 3. The zero-order valence-electron chi connectivity index (χ0n) is 11.6. The maximum absolute atomic E-state index is 12.4. The highest BCUT2D eigenvalue weighted by molar-refractivity contribution is 5.82. The van der Waals surface area contributed by atoms with Crippen LogP contribution in [0.25, 0.3) is 11.0 Å². The van der Waals surface area contributed by atoms with E-state index in [1.165, 1.54) is 12.8 Å². The van der Waals surface area contributed by atoms with Crippen molar-refractivity contribution < 1.29 is 4.79 Å². The van der Waals surface area contributed by atoms with Gasteiger partial charge in [0.05, 0.1) is 11.0 Å². The lowest BCUT2D eigenvalue weighted by Crippen LogP contribution is -2.34. The molecule has 0 unspecified atom stereocenters. The second-order valence-electron chi connectivity index (χ2n) is 5.34. The average Bonchev–Trinajstić information content (AvgIpc) is 2.66. The highest BCUT2D eigenvalue weighted by Crippen LogP contribution is 2.18. The quantitative estimate of drug-likeness (QED) is 0.909. The summed E-state index contributed by atoms with van der Waals surface area (Å²) in [4.78, 5) is 18.7. The number of imidazole rings is 1. The number of amides is 1. The minimum atomic E-state index is 0.141. The lowest BCUT2D eigenvalue weighted by atomic mass is 10.2. The van der Waals surface area contributed by atoms with Gasteiger partial charge in [-0.15, -0.1) is 0 Å². The van der Waals surface area contributed by atoms with Gasteiger partial charge in [-0.2, -0.15) is 0 Å². The van der Waals surface area contributed by atoms with Gasteiger partial charge >= 0.3 is 0 Å². The van der Waals surface area contributed by atoms with Gasteiger partial charge in [0.2, 0.25) is 11.9 Å². The molecule has 0 radical (unpaired) electrons. The van der Waals surface area contributed by atoms with Crippen LogP contribution < -0.4 is 5.73 Å². The molecule has 1 aromatic heterocycles. The third-order valence-electron chi connectivity index (χ3n) is 3.94. The van der Waals surface area contributed by atoms with Crippen LogP contribution in [0.2, 0.25) is 0 Å². The van der Waals surface area contributed by atoms with Crippen molar-refractivity contribution in [2.45, 2.75) is 32.2 Å². The van der Waals surface area contributed by atoms with Gasteiger partial charge in [0.15, 0.2) is 0 Å². The van der Waals surface area contributed by atoms with Crippen molar-refractivity contribution >= 4 is 22.9 Å². The number of benzene rings is 1. The number of hydrogen-bond donors (Lipinski definition) is 1. The number of rotatable bonds is 2. The summed E-state index contributed by atoms with van der Waals surface area (Å²) in [6.45, 7) is 2.02. The summed E-state index contributed by atoms with van der Waals surface area (Å²) in [6.07, 6.45) is 4.65. The summed E-state index contributed by atoms with van der Waals surface area (Å²) in [5, 5.41) is 0. The molecule has 3 rings (SSSR count). The molecule has 1 aliphatic heterocycles. The number of anilines is 1. The Morgan fingerprint density at radius 3 is 2.60 bits per heavy atom. The number of nitrogens with two attached hydrogens (primary N) is 1. The lowest BCUT2D eigenvalue weighted by Gasteiger charge is -2.20. The zero-order valence-corrected chi connectivity index (χ0v) is 11.6. The Hall–Kier alpha value is -2.04. The fraction of sp³-hybridized carbons (Fsp3) is 0.467. The molecule has 20 heavy (non-hydrogen) atoms. The van der Waals surface area contributed by atoms with Gasteiger partial charge in [0.25, 0.3) is 0 Å². The summed E-state index contributed by atoms with van der Waals surface area (Å²) < 4.78 is 1.81. The van der Waals surface area contributed by atoms with E-state index in [0.717, 1.165) is 37.0 Å². The van der Waals surface area contributed by atoms with Crippen molar-refractivity contribution in [2.24, 2.45) is 0 Å². The Morgan fingerprint density at radius 2 is 1.85 bits per heavy atom. The highest BCUT2D eigenvalue weighted by Gasteiger charge is 2.18. The van der Waals surface area contributed by atoms with Crippen molar-refractivity contribution in [3.8, 4) is 0 Å². The minimum Gasteiger partial charge on any atom is -0.369 e. The predicted molar refractivity (Wildman–Crippen MR) is 79.2 cm³/mol. The number of nitrogens with zero attached hydrogens (tertiary/aromatic N) is 3. The molecule has 0 bridgehead atoms. The van der Waals surface area contributed by atoms with Crippen LogP contribution in [0.1, 0.15) is 25.7 Å². The summed E-state index contributed by atoms with van der Waals surface area (Å²) in [6, 6.07) is 7.74. The van der Waals surface area contributed by atoms with E-state index >= 15 is 0 Å². The van der Waals surface area contributed by atoms with Gasteiger partial charge in [-0.25, -0.2) is 4.98 Å². The second kappa shape index (κ2) is 5.53. The van der Waals surface area contributed by atoms with Crippen LogP contribution in [0, 0.1) is 0 Å². The molecule has 0 atom stereocenters.